The van der Waals surface area contributed by atoms with Crippen LogP contribution in [0.1, 0.15) is 67.5 Å². The van der Waals surface area contributed by atoms with Crippen molar-refractivity contribution in [1.82, 2.24) is 0 Å². The average molecular weight is 509 g/mol. The molecule has 2 heterocycles. The highest BCUT2D eigenvalue weighted by Crippen LogP contribution is 2.72. The molecule has 4 fully saturated rings. The first-order valence-electron chi connectivity index (χ1n) is 13.0. The molecule has 5 aliphatic rings. The van der Waals surface area contributed by atoms with Gasteiger partial charge < -0.3 is 44.5 Å². The molecule has 3 saturated carbocycles. The first kappa shape index (κ1) is 24.9. The molecular weight excluding hydrogens is 472 g/mol. The van der Waals surface area contributed by atoms with E-state index < -0.39 is 54.4 Å². The van der Waals surface area contributed by atoms with E-state index in [1.165, 1.54) is 0 Å². The number of rotatable bonds is 4. The monoisotopic (exact) mass is 508 g/mol. The summed E-state index contributed by atoms with van der Waals surface area (Å²) in [5.41, 5.74) is -1.29. The number of Topliss-reactive ketones (excluding diaryl/α,β-unsaturated/α-hetero) is 1. The molecular formula is C26H36O10. The molecule has 10 heteroatoms. The lowest BCUT2D eigenvalue weighted by Gasteiger charge is -2.61. The fourth-order valence-corrected chi connectivity index (χ4v) is 8.97. The smallest absolute Gasteiger partial charge is 0.198 e. The van der Waals surface area contributed by atoms with Gasteiger partial charge in [-0.05, 0) is 66.8 Å². The summed E-state index contributed by atoms with van der Waals surface area (Å²) < 4.78 is 17.6. The van der Waals surface area contributed by atoms with Crippen LogP contribution in [0.4, 0.5) is 0 Å². The normalized spacial score (nSPS) is 52.0. The second-order valence-corrected chi connectivity index (χ2v) is 12.2. The van der Waals surface area contributed by atoms with Gasteiger partial charge in [0, 0.05) is 12.0 Å². The quantitative estimate of drug-likeness (QED) is 0.327. The van der Waals surface area contributed by atoms with E-state index in [9.17, 15) is 35.4 Å². The number of hydrogen-bond donors (Lipinski definition) is 6. The highest BCUT2D eigenvalue weighted by atomic mass is 16.7. The number of carbonyl (C=O) groups excluding carboxylic acids is 1. The van der Waals surface area contributed by atoms with E-state index in [2.05, 4.69) is 6.92 Å². The molecule has 2 bridgehead atoms. The lowest BCUT2D eigenvalue weighted by molar-refractivity contribution is -0.326. The highest BCUT2D eigenvalue weighted by molar-refractivity contribution is 5.97. The number of fused-ring (bicyclic) bond motifs is 5. The molecule has 6 N–H and O–H groups in total. The highest BCUT2D eigenvalue weighted by Gasteiger charge is 2.70. The molecule has 1 saturated heterocycles. The van der Waals surface area contributed by atoms with Crippen molar-refractivity contribution in [2.24, 2.45) is 22.7 Å². The summed E-state index contributed by atoms with van der Waals surface area (Å²) in [4.78, 5) is 13.2. The average Bonchev–Trinajstić information content (AvgIpc) is 3.41. The second-order valence-electron chi connectivity index (χ2n) is 12.2. The molecule has 0 radical (unpaired) electrons. The number of carbonyl (C=O) groups is 1. The maximum absolute atomic E-state index is 13.2. The molecule has 200 valence electrons. The maximum atomic E-state index is 13.2. The molecule has 1 aromatic rings. The number of aliphatic hydroxyl groups excluding tert-OH is 5. The van der Waals surface area contributed by atoms with Gasteiger partial charge in [-0.2, -0.15) is 0 Å². The Morgan fingerprint density at radius 3 is 2.67 bits per heavy atom. The van der Waals surface area contributed by atoms with Crippen LogP contribution in [0.25, 0.3) is 0 Å². The molecule has 0 amide bonds. The fourth-order valence-electron chi connectivity index (χ4n) is 8.97. The predicted molar refractivity (Wildman–Crippen MR) is 122 cm³/mol. The Labute approximate surface area is 208 Å². The molecule has 1 aromatic heterocycles. The van der Waals surface area contributed by atoms with Gasteiger partial charge >= 0.3 is 0 Å². The van der Waals surface area contributed by atoms with Crippen LogP contribution in [0.5, 0.6) is 0 Å². The summed E-state index contributed by atoms with van der Waals surface area (Å²) in [5.74, 6) is -0.0703. The van der Waals surface area contributed by atoms with Crippen molar-refractivity contribution in [1.29, 1.82) is 0 Å². The van der Waals surface area contributed by atoms with Gasteiger partial charge in [-0.3, -0.25) is 4.79 Å². The van der Waals surface area contributed by atoms with Crippen molar-refractivity contribution in [2.75, 3.05) is 13.2 Å². The Balaban J connectivity index is 1.40. The minimum Gasteiger partial charge on any atom is -0.461 e. The maximum Gasteiger partial charge on any atom is 0.198 e. The topological polar surface area (TPSA) is 170 Å². The van der Waals surface area contributed by atoms with Gasteiger partial charge in [0.1, 0.15) is 24.4 Å². The molecule has 36 heavy (non-hydrogen) atoms. The Morgan fingerprint density at radius 1 is 1.17 bits per heavy atom. The first-order valence-corrected chi connectivity index (χ1v) is 13.0. The zero-order valence-corrected chi connectivity index (χ0v) is 20.3. The molecule has 1 aliphatic heterocycles. The minimum atomic E-state index is -1.57. The Kier molecular flexibility index (Phi) is 5.76. The number of furan rings is 1. The Morgan fingerprint density at radius 2 is 1.94 bits per heavy atom. The third kappa shape index (κ3) is 3.29. The Bertz CT molecular complexity index is 1020. The fraction of sp³-hybridized carbons (Fsp3) is 0.808. The third-order valence-corrected chi connectivity index (χ3v) is 10.4. The lowest BCUT2D eigenvalue weighted by atomic mass is 9.44. The summed E-state index contributed by atoms with van der Waals surface area (Å²) in [5, 5.41) is 62.4. The van der Waals surface area contributed by atoms with E-state index in [-0.39, 0.29) is 42.0 Å². The van der Waals surface area contributed by atoms with Crippen molar-refractivity contribution in [2.45, 2.75) is 93.8 Å². The largest absolute Gasteiger partial charge is 0.461 e. The SMILES string of the molecule is C[C@@]12CC(=O)c3occc3[C@H]1CC[C@@]13C[C@H](C[C@H](O[C@H]4O[C@@H](CO)[C@@H](O)[C@H](O)[C@@H]4O)[C@H]12)[C@](O)(CO)C3. The molecule has 0 aromatic carbocycles. The number of hydrogen-bond acceptors (Lipinski definition) is 10. The van der Waals surface area contributed by atoms with E-state index in [1.54, 1.807) is 6.26 Å². The van der Waals surface area contributed by atoms with E-state index in [4.69, 9.17) is 13.9 Å². The molecule has 10 nitrogen and oxygen atoms in total. The summed E-state index contributed by atoms with van der Waals surface area (Å²) in [6.45, 7) is 1.16. The number of ether oxygens (including phenoxy) is 2. The summed E-state index contributed by atoms with van der Waals surface area (Å²) >= 11 is 0. The lowest BCUT2D eigenvalue weighted by Crippen LogP contribution is -2.62. The van der Waals surface area contributed by atoms with Crippen molar-refractivity contribution in [3.63, 3.8) is 0 Å². The van der Waals surface area contributed by atoms with Gasteiger partial charge in [0.15, 0.2) is 17.8 Å². The number of aliphatic hydroxyl groups is 6. The van der Waals surface area contributed by atoms with E-state index in [0.29, 0.717) is 25.0 Å². The van der Waals surface area contributed by atoms with Crippen molar-refractivity contribution < 1.29 is 49.3 Å². The van der Waals surface area contributed by atoms with Crippen molar-refractivity contribution in [3.8, 4) is 0 Å². The molecule has 6 rings (SSSR count). The predicted octanol–water partition coefficient (Wildman–Crippen LogP) is 0.0745. The van der Waals surface area contributed by atoms with Crippen molar-refractivity contribution in [3.05, 3.63) is 23.7 Å². The van der Waals surface area contributed by atoms with Crippen LogP contribution in [0.3, 0.4) is 0 Å². The molecule has 12 atom stereocenters. The van der Waals surface area contributed by atoms with Crippen LogP contribution >= 0.6 is 0 Å². The van der Waals surface area contributed by atoms with Gasteiger partial charge in [-0.15, -0.1) is 0 Å². The van der Waals surface area contributed by atoms with E-state index >= 15 is 0 Å². The zero-order chi connectivity index (χ0) is 25.6. The van der Waals surface area contributed by atoms with Crippen LogP contribution in [0, 0.1) is 22.7 Å². The third-order valence-electron chi connectivity index (χ3n) is 10.4. The summed E-state index contributed by atoms with van der Waals surface area (Å²) in [7, 11) is 0. The minimum absolute atomic E-state index is 0.0415. The van der Waals surface area contributed by atoms with E-state index in [1.807, 2.05) is 6.07 Å². The molecule has 4 aliphatic carbocycles. The molecule has 0 unspecified atom stereocenters. The standard InChI is InChI=1S/C26H36O10/c1-24-8-15(29)21-13(3-5-34-21)14(24)2-4-25-7-12(26(33,10-25)11-28)6-16(22(24)25)35-23-20(32)19(31)18(30)17(9-27)36-23/h3,5,12,14,16-20,22-23,27-28,30-33H,2,4,6-11H2,1H3/t12-,14+,16-,17-,18+,19-,20-,22-,23-,24+,25-,26+/m0/s1. The van der Waals surface area contributed by atoms with Gasteiger partial charge in [0.05, 0.1) is 31.2 Å². The van der Waals surface area contributed by atoms with Crippen LogP contribution in [-0.4, -0.2) is 92.0 Å². The van der Waals surface area contributed by atoms with Gasteiger partial charge in [0.2, 0.25) is 0 Å². The van der Waals surface area contributed by atoms with Crippen LogP contribution in [0.2, 0.25) is 0 Å². The zero-order valence-electron chi connectivity index (χ0n) is 20.3. The van der Waals surface area contributed by atoms with Gasteiger partial charge in [0.25, 0.3) is 0 Å². The van der Waals surface area contributed by atoms with Crippen LogP contribution in [-0.2, 0) is 9.47 Å². The van der Waals surface area contributed by atoms with Crippen molar-refractivity contribution >= 4 is 5.78 Å². The summed E-state index contributed by atoms with van der Waals surface area (Å²) in [6.07, 6.45) is -2.69. The van der Waals surface area contributed by atoms with Crippen LogP contribution in [0.15, 0.2) is 16.7 Å². The van der Waals surface area contributed by atoms with Gasteiger partial charge in [-0.1, -0.05) is 6.92 Å². The van der Waals surface area contributed by atoms with E-state index in [0.717, 1.165) is 18.4 Å². The Hall–Kier alpha value is -1.37. The van der Waals surface area contributed by atoms with Crippen LogP contribution < -0.4 is 0 Å². The first-order chi connectivity index (χ1) is 17.1. The number of ketones is 1. The summed E-state index contributed by atoms with van der Waals surface area (Å²) in [6, 6.07) is 1.87. The molecule has 1 spiro atoms. The van der Waals surface area contributed by atoms with Gasteiger partial charge in [-0.25, -0.2) is 0 Å². The second kappa shape index (κ2) is 8.31.